The minimum absolute atomic E-state index is 0.0797. The van der Waals surface area contributed by atoms with Crippen LogP contribution >= 0.6 is 0 Å². The van der Waals surface area contributed by atoms with Crippen LogP contribution in [-0.4, -0.2) is 15.9 Å². The Kier molecular flexibility index (Phi) is 4.77. The van der Waals surface area contributed by atoms with Crippen LogP contribution in [0.25, 0.3) is 10.8 Å². The molecular weight excluding hydrogens is 348 g/mol. The largest absolute Gasteiger partial charge is 0.494 e. The van der Waals surface area contributed by atoms with Crippen molar-refractivity contribution in [2.24, 2.45) is 4.99 Å². The minimum Gasteiger partial charge on any atom is -0.494 e. The number of fused-ring (bicyclic) bond motifs is 1. The lowest BCUT2D eigenvalue weighted by Gasteiger charge is -2.13. The average Bonchev–Trinajstić information content (AvgIpc) is 2.72. The first-order valence-corrected chi connectivity index (χ1v) is 9.12. The topological polar surface area (TPSA) is 54.6 Å². The summed E-state index contributed by atoms with van der Waals surface area (Å²) >= 11 is 0. The number of aromatic hydroxyl groups is 1. The molecule has 1 aromatic heterocycles. The van der Waals surface area contributed by atoms with Crippen molar-refractivity contribution in [1.29, 1.82) is 0 Å². The Bertz CT molecular complexity index is 1220. The molecule has 0 aliphatic carbocycles. The molecule has 1 N–H and O–H groups in total. The van der Waals surface area contributed by atoms with E-state index in [4.69, 9.17) is 0 Å². The van der Waals surface area contributed by atoms with E-state index in [1.54, 1.807) is 12.3 Å². The van der Waals surface area contributed by atoms with Crippen LogP contribution in [0.1, 0.15) is 16.7 Å². The molecule has 0 saturated heterocycles. The van der Waals surface area contributed by atoms with Crippen molar-refractivity contribution in [2.75, 3.05) is 0 Å². The summed E-state index contributed by atoms with van der Waals surface area (Å²) in [7, 11) is 0. The number of aryl methyl sites for hydroxylation is 1. The van der Waals surface area contributed by atoms with Gasteiger partial charge in [-0.1, -0.05) is 60.7 Å². The van der Waals surface area contributed by atoms with Gasteiger partial charge in [-0.3, -0.25) is 14.4 Å². The number of aliphatic imine (C=N–C) groups is 1. The molecule has 0 unspecified atom stereocenters. The van der Waals surface area contributed by atoms with E-state index in [2.05, 4.69) is 4.99 Å². The molecule has 4 rings (SSSR count). The summed E-state index contributed by atoms with van der Waals surface area (Å²) in [5, 5.41) is 12.2. The van der Waals surface area contributed by atoms with Gasteiger partial charge in [0.1, 0.15) is 0 Å². The normalized spacial score (nSPS) is 11.3. The molecule has 0 atom stereocenters. The van der Waals surface area contributed by atoms with Crippen LogP contribution in [0, 0.1) is 6.92 Å². The zero-order valence-corrected chi connectivity index (χ0v) is 15.5. The third-order valence-corrected chi connectivity index (χ3v) is 4.72. The zero-order chi connectivity index (χ0) is 19.5. The highest BCUT2D eigenvalue weighted by Crippen LogP contribution is 2.25. The smallest absolute Gasteiger partial charge is 0.261 e. The molecule has 0 aliphatic rings. The highest BCUT2D eigenvalue weighted by Gasteiger charge is 2.15. The van der Waals surface area contributed by atoms with Crippen molar-refractivity contribution in [2.45, 2.75) is 13.5 Å². The first-order valence-electron chi connectivity index (χ1n) is 9.12. The van der Waals surface area contributed by atoms with Gasteiger partial charge in [0, 0.05) is 17.0 Å². The van der Waals surface area contributed by atoms with Crippen LogP contribution in [0.2, 0.25) is 0 Å². The molecule has 0 aliphatic heterocycles. The van der Waals surface area contributed by atoms with Crippen LogP contribution in [0.4, 0.5) is 5.69 Å². The summed E-state index contributed by atoms with van der Waals surface area (Å²) < 4.78 is 1.40. The van der Waals surface area contributed by atoms with Gasteiger partial charge < -0.3 is 5.11 Å². The van der Waals surface area contributed by atoms with Gasteiger partial charge in [0.2, 0.25) is 5.88 Å². The number of hydrogen-bond acceptors (Lipinski definition) is 3. The van der Waals surface area contributed by atoms with Crippen molar-refractivity contribution in [3.8, 4) is 5.88 Å². The second kappa shape index (κ2) is 7.53. The fourth-order valence-electron chi connectivity index (χ4n) is 3.30. The lowest BCUT2D eigenvalue weighted by Crippen LogP contribution is -2.22. The Labute approximate surface area is 163 Å². The van der Waals surface area contributed by atoms with E-state index in [0.717, 1.165) is 16.8 Å². The predicted molar refractivity (Wildman–Crippen MR) is 114 cm³/mol. The van der Waals surface area contributed by atoms with Crippen molar-refractivity contribution in [1.82, 2.24) is 4.57 Å². The highest BCUT2D eigenvalue weighted by molar-refractivity contribution is 6.02. The lowest BCUT2D eigenvalue weighted by molar-refractivity contribution is 0.416. The molecule has 0 fully saturated rings. The van der Waals surface area contributed by atoms with E-state index in [-0.39, 0.29) is 11.4 Å². The molecule has 0 spiro atoms. The molecule has 0 saturated carbocycles. The van der Waals surface area contributed by atoms with E-state index >= 15 is 0 Å². The number of pyridine rings is 1. The molecule has 0 radical (unpaired) electrons. The predicted octanol–water partition coefficient (Wildman–Crippen LogP) is 4.81. The molecule has 4 nitrogen and oxygen atoms in total. The van der Waals surface area contributed by atoms with Crippen molar-refractivity contribution >= 4 is 22.7 Å². The van der Waals surface area contributed by atoms with Crippen molar-refractivity contribution in [3.05, 3.63) is 106 Å². The summed E-state index contributed by atoms with van der Waals surface area (Å²) in [5.74, 6) is -0.0797. The molecule has 0 amide bonds. The Morgan fingerprint density at radius 1 is 0.929 bits per heavy atom. The van der Waals surface area contributed by atoms with Crippen LogP contribution in [0.3, 0.4) is 0 Å². The molecule has 138 valence electrons. The second-order valence-corrected chi connectivity index (χ2v) is 6.76. The lowest BCUT2D eigenvalue weighted by atomic mass is 10.1. The van der Waals surface area contributed by atoms with Gasteiger partial charge in [0.05, 0.1) is 17.8 Å². The minimum atomic E-state index is -0.218. The fourth-order valence-corrected chi connectivity index (χ4v) is 3.30. The molecule has 4 heteroatoms. The van der Waals surface area contributed by atoms with E-state index in [9.17, 15) is 9.90 Å². The van der Waals surface area contributed by atoms with E-state index in [1.807, 2.05) is 79.7 Å². The number of nitrogens with zero attached hydrogens (tertiary/aromatic N) is 2. The van der Waals surface area contributed by atoms with Gasteiger partial charge in [0.15, 0.2) is 0 Å². The monoisotopic (exact) mass is 368 g/mol. The maximum absolute atomic E-state index is 13.0. The van der Waals surface area contributed by atoms with Gasteiger partial charge in [0.25, 0.3) is 5.56 Å². The molecular formula is C24H20N2O2. The Balaban J connectivity index is 1.88. The number of benzene rings is 3. The van der Waals surface area contributed by atoms with E-state index in [1.165, 1.54) is 4.57 Å². The Hall–Kier alpha value is -3.66. The average molecular weight is 368 g/mol. The molecule has 28 heavy (non-hydrogen) atoms. The first-order chi connectivity index (χ1) is 13.6. The van der Waals surface area contributed by atoms with Gasteiger partial charge in [-0.25, -0.2) is 0 Å². The van der Waals surface area contributed by atoms with E-state index < -0.39 is 0 Å². The third-order valence-electron chi connectivity index (χ3n) is 4.72. The number of rotatable bonds is 4. The molecule has 4 aromatic rings. The van der Waals surface area contributed by atoms with Gasteiger partial charge in [-0.2, -0.15) is 0 Å². The van der Waals surface area contributed by atoms with Crippen LogP contribution in [-0.2, 0) is 6.54 Å². The number of aromatic nitrogens is 1. The quantitative estimate of drug-likeness (QED) is 0.525. The van der Waals surface area contributed by atoms with Crippen LogP contribution < -0.4 is 5.56 Å². The standard InChI is InChI=1S/C24H20N2O2/c1-17-8-7-11-19(14-17)25-15-22-20-12-5-6-13-21(20)23(27)26(24(22)28)16-18-9-3-2-4-10-18/h2-15,28H,16H2,1H3. The van der Waals surface area contributed by atoms with Crippen molar-refractivity contribution in [3.63, 3.8) is 0 Å². The maximum Gasteiger partial charge on any atom is 0.261 e. The highest BCUT2D eigenvalue weighted by atomic mass is 16.3. The summed E-state index contributed by atoms with van der Waals surface area (Å²) in [6, 6.07) is 24.7. The van der Waals surface area contributed by atoms with Gasteiger partial charge in [-0.05, 0) is 36.2 Å². The van der Waals surface area contributed by atoms with Gasteiger partial charge >= 0.3 is 0 Å². The Morgan fingerprint density at radius 3 is 2.39 bits per heavy atom. The van der Waals surface area contributed by atoms with Gasteiger partial charge in [-0.15, -0.1) is 0 Å². The van der Waals surface area contributed by atoms with Crippen molar-refractivity contribution < 1.29 is 5.11 Å². The Morgan fingerprint density at radius 2 is 1.64 bits per heavy atom. The van der Waals surface area contributed by atoms with Crippen LogP contribution in [0.15, 0.2) is 88.6 Å². The summed E-state index contributed by atoms with van der Waals surface area (Å²) in [6.45, 7) is 2.30. The number of hydrogen-bond donors (Lipinski definition) is 1. The molecule has 0 bridgehead atoms. The first kappa shape index (κ1) is 17.7. The second-order valence-electron chi connectivity index (χ2n) is 6.76. The van der Waals surface area contributed by atoms with Crippen LogP contribution in [0.5, 0.6) is 5.88 Å². The maximum atomic E-state index is 13.0. The fraction of sp³-hybridized carbons (Fsp3) is 0.0833. The molecule has 1 heterocycles. The van der Waals surface area contributed by atoms with E-state index in [0.29, 0.717) is 22.9 Å². The SMILES string of the molecule is Cc1cccc(N=Cc2c(O)n(Cc3ccccc3)c(=O)c3ccccc23)c1. The zero-order valence-electron chi connectivity index (χ0n) is 15.5. The third kappa shape index (κ3) is 3.45. The molecule has 3 aromatic carbocycles. The summed E-state index contributed by atoms with van der Waals surface area (Å²) in [5.41, 5.74) is 3.16. The summed E-state index contributed by atoms with van der Waals surface area (Å²) in [4.78, 5) is 17.5. The summed E-state index contributed by atoms with van der Waals surface area (Å²) in [6.07, 6.45) is 1.63.